The van der Waals surface area contributed by atoms with Crippen molar-refractivity contribution in [2.45, 2.75) is 25.3 Å². The molecule has 1 aliphatic carbocycles. The number of phenolic OH excluding ortho intramolecular Hbond substituents is 1. The van der Waals surface area contributed by atoms with Crippen LogP contribution in [0.2, 0.25) is 0 Å². The van der Waals surface area contributed by atoms with Crippen molar-refractivity contribution in [2.75, 3.05) is 0 Å². The van der Waals surface area contributed by atoms with Crippen LogP contribution in [0.15, 0.2) is 60.8 Å². The number of nitrogens with zero attached hydrogens (tertiary/aromatic N) is 2. The molecule has 5 nitrogen and oxygen atoms in total. The zero-order valence-corrected chi connectivity index (χ0v) is 14.2. The molecule has 1 aliphatic rings. The van der Waals surface area contributed by atoms with Crippen LogP contribution >= 0.6 is 0 Å². The largest absolute Gasteiger partial charge is 0.507 e. The third-order valence-corrected chi connectivity index (χ3v) is 4.67. The first kappa shape index (κ1) is 16.3. The quantitative estimate of drug-likeness (QED) is 0.760. The molecular formula is C21H19N3O2. The average Bonchev–Trinajstić information content (AvgIpc) is 2.69. The lowest BCUT2D eigenvalue weighted by Crippen LogP contribution is -2.31. The fourth-order valence-corrected chi connectivity index (χ4v) is 3.32. The van der Waals surface area contributed by atoms with Crippen molar-refractivity contribution in [3.63, 3.8) is 0 Å². The lowest BCUT2D eigenvalue weighted by molar-refractivity contribution is 0.0930. The predicted octanol–water partition coefficient (Wildman–Crippen LogP) is 3.66. The lowest BCUT2D eigenvalue weighted by atomic mass is 9.92. The second-order valence-electron chi connectivity index (χ2n) is 6.40. The van der Waals surface area contributed by atoms with Gasteiger partial charge in [-0.05, 0) is 31.4 Å². The molecule has 2 N–H and O–H groups in total. The summed E-state index contributed by atoms with van der Waals surface area (Å²) in [6.45, 7) is 0. The maximum absolute atomic E-state index is 12.5. The van der Waals surface area contributed by atoms with Gasteiger partial charge in [0.25, 0.3) is 5.91 Å². The Morgan fingerprint density at radius 3 is 2.65 bits per heavy atom. The van der Waals surface area contributed by atoms with Crippen LogP contribution in [0.3, 0.4) is 0 Å². The predicted molar refractivity (Wildman–Crippen MR) is 98.7 cm³/mol. The number of fused-ring (bicyclic) bond motifs is 1. The summed E-state index contributed by atoms with van der Waals surface area (Å²) in [5, 5.41) is 12.9. The molecule has 0 spiro atoms. The standard InChI is InChI=1S/C21H19N3O2/c25-19-12-5-4-9-15(19)21(26)24-18-11-6-10-17-16(18)13-22-20(23-17)14-7-2-1-3-8-14/h1-5,7-9,12-13,18,25H,6,10-11H2,(H,24,26). The summed E-state index contributed by atoms with van der Waals surface area (Å²) in [7, 11) is 0. The zero-order valence-electron chi connectivity index (χ0n) is 14.2. The number of phenols is 1. The number of hydrogen-bond donors (Lipinski definition) is 2. The van der Waals surface area contributed by atoms with Crippen molar-refractivity contribution >= 4 is 5.91 Å². The number of aryl methyl sites for hydroxylation is 1. The molecule has 5 heteroatoms. The van der Waals surface area contributed by atoms with Gasteiger partial charge in [0.2, 0.25) is 0 Å². The molecule has 0 fully saturated rings. The number of para-hydroxylation sites is 1. The molecular weight excluding hydrogens is 326 g/mol. The second-order valence-corrected chi connectivity index (χ2v) is 6.40. The van der Waals surface area contributed by atoms with Crippen molar-refractivity contribution < 1.29 is 9.90 Å². The van der Waals surface area contributed by atoms with Gasteiger partial charge in [-0.1, -0.05) is 42.5 Å². The highest BCUT2D eigenvalue weighted by atomic mass is 16.3. The Morgan fingerprint density at radius 2 is 1.85 bits per heavy atom. The number of carbonyl (C=O) groups is 1. The Morgan fingerprint density at radius 1 is 1.08 bits per heavy atom. The Labute approximate surface area is 151 Å². The molecule has 4 rings (SSSR count). The molecule has 3 aromatic rings. The van der Waals surface area contributed by atoms with Crippen LogP contribution in [-0.4, -0.2) is 21.0 Å². The Balaban J connectivity index is 1.60. The summed E-state index contributed by atoms with van der Waals surface area (Å²) in [6.07, 6.45) is 4.48. The summed E-state index contributed by atoms with van der Waals surface area (Å²) in [6, 6.07) is 16.3. The van der Waals surface area contributed by atoms with Gasteiger partial charge in [0, 0.05) is 23.0 Å². The van der Waals surface area contributed by atoms with Crippen LogP contribution in [0.1, 0.15) is 40.5 Å². The first-order chi connectivity index (χ1) is 12.7. The molecule has 1 heterocycles. The topological polar surface area (TPSA) is 75.1 Å². The SMILES string of the molecule is O=C(NC1CCCc2nc(-c3ccccc3)ncc21)c1ccccc1O. The van der Waals surface area contributed by atoms with Crippen LogP contribution < -0.4 is 5.32 Å². The molecule has 0 saturated carbocycles. The second kappa shape index (κ2) is 6.96. The number of amides is 1. The van der Waals surface area contributed by atoms with Crippen molar-refractivity contribution in [3.05, 3.63) is 77.6 Å². The Bertz CT molecular complexity index is 941. The van der Waals surface area contributed by atoms with E-state index in [1.54, 1.807) is 18.2 Å². The van der Waals surface area contributed by atoms with Crippen molar-refractivity contribution in [1.29, 1.82) is 0 Å². The number of rotatable bonds is 3. The van der Waals surface area contributed by atoms with Crippen molar-refractivity contribution in [1.82, 2.24) is 15.3 Å². The van der Waals surface area contributed by atoms with E-state index >= 15 is 0 Å². The normalized spacial score (nSPS) is 15.9. The van der Waals surface area contributed by atoms with Crippen LogP contribution in [0, 0.1) is 0 Å². The monoisotopic (exact) mass is 345 g/mol. The molecule has 0 saturated heterocycles. The Hall–Kier alpha value is -3.21. The number of benzene rings is 2. The summed E-state index contributed by atoms with van der Waals surface area (Å²) in [5.41, 5.74) is 3.20. The lowest BCUT2D eigenvalue weighted by Gasteiger charge is -2.25. The molecule has 1 unspecified atom stereocenters. The van der Waals surface area contributed by atoms with Gasteiger partial charge in [-0.3, -0.25) is 4.79 Å². The van der Waals surface area contributed by atoms with E-state index in [1.807, 2.05) is 36.5 Å². The smallest absolute Gasteiger partial charge is 0.255 e. The minimum atomic E-state index is -0.284. The van der Waals surface area contributed by atoms with E-state index in [-0.39, 0.29) is 23.3 Å². The first-order valence-electron chi connectivity index (χ1n) is 8.72. The summed E-state index contributed by atoms with van der Waals surface area (Å²) < 4.78 is 0. The van der Waals surface area contributed by atoms with Gasteiger partial charge >= 0.3 is 0 Å². The van der Waals surface area contributed by atoms with Gasteiger partial charge in [0.1, 0.15) is 5.75 Å². The zero-order chi connectivity index (χ0) is 17.9. The fourth-order valence-electron chi connectivity index (χ4n) is 3.32. The summed E-state index contributed by atoms with van der Waals surface area (Å²) >= 11 is 0. The van der Waals surface area contributed by atoms with E-state index < -0.39 is 0 Å². The molecule has 1 amide bonds. The maximum Gasteiger partial charge on any atom is 0.255 e. The third-order valence-electron chi connectivity index (χ3n) is 4.67. The van der Waals surface area contributed by atoms with E-state index in [1.165, 1.54) is 6.07 Å². The van der Waals surface area contributed by atoms with E-state index in [9.17, 15) is 9.90 Å². The third kappa shape index (κ3) is 3.16. The van der Waals surface area contributed by atoms with Gasteiger partial charge in [-0.2, -0.15) is 0 Å². The molecule has 0 bridgehead atoms. The number of aromatic hydroxyl groups is 1. The molecule has 1 aromatic heterocycles. The maximum atomic E-state index is 12.5. The summed E-state index contributed by atoms with van der Waals surface area (Å²) in [4.78, 5) is 21.7. The van der Waals surface area contributed by atoms with Gasteiger partial charge in [-0.25, -0.2) is 9.97 Å². The molecule has 2 aromatic carbocycles. The van der Waals surface area contributed by atoms with E-state index in [4.69, 9.17) is 4.98 Å². The summed E-state index contributed by atoms with van der Waals surface area (Å²) in [5.74, 6) is 0.404. The van der Waals surface area contributed by atoms with Gasteiger partial charge in [0.15, 0.2) is 5.82 Å². The minimum absolute atomic E-state index is 0.0169. The average molecular weight is 345 g/mol. The first-order valence-corrected chi connectivity index (χ1v) is 8.72. The van der Waals surface area contributed by atoms with Crippen molar-refractivity contribution in [3.8, 4) is 17.1 Å². The van der Waals surface area contributed by atoms with Gasteiger partial charge in [-0.15, -0.1) is 0 Å². The Kier molecular flexibility index (Phi) is 4.35. The number of nitrogens with one attached hydrogen (secondary N) is 1. The highest BCUT2D eigenvalue weighted by Crippen LogP contribution is 2.30. The number of carbonyl (C=O) groups excluding carboxylic acids is 1. The molecule has 1 atom stereocenters. The molecule has 0 radical (unpaired) electrons. The minimum Gasteiger partial charge on any atom is -0.507 e. The van der Waals surface area contributed by atoms with Gasteiger partial charge in [0.05, 0.1) is 11.6 Å². The molecule has 26 heavy (non-hydrogen) atoms. The van der Waals surface area contributed by atoms with E-state index in [0.717, 1.165) is 36.1 Å². The fraction of sp³-hybridized carbons (Fsp3) is 0.190. The van der Waals surface area contributed by atoms with Gasteiger partial charge < -0.3 is 10.4 Å². The van der Waals surface area contributed by atoms with Crippen LogP contribution in [0.25, 0.3) is 11.4 Å². The highest BCUT2D eigenvalue weighted by Gasteiger charge is 2.25. The van der Waals surface area contributed by atoms with Crippen LogP contribution in [-0.2, 0) is 6.42 Å². The molecule has 130 valence electrons. The van der Waals surface area contributed by atoms with E-state index in [0.29, 0.717) is 5.82 Å². The number of hydrogen-bond acceptors (Lipinski definition) is 4. The van der Waals surface area contributed by atoms with Crippen molar-refractivity contribution in [2.24, 2.45) is 0 Å². The molecule has 0 aliphatic heterocycles. The van der Waals surface area contributed by atoms with Crippen LogP contribution in [0.5, 0.6) is 5.75 Å². The van der Waals surface area contributed by atoms with E-state index in [2.05, 4.69) is 10.3 Å². The highest BCUT2D eigenvalue weighted by molar-refractivity contribution is 5.97. The number of aromatic nitrogens is 2. The van der Waals surface area contributed by atoms with Crippen LogP contribution in [0.4, 0.5) is 0 Å².